The summed E-state index contributed by atoms with van der Waals surface area (Å²) >= 11 is 1.34. The number of thiophene rings is 1. The van der Waals surface area contributed by atoms with E-state index in [9.17, 15) is 4.79 Å². The highest BCUT2D eigenvalue weighted by atomic mass is 32.1. The predicted molar refractivity (Wildman–Crippen MR) is 102 cm³/mol. The van der Waals surface area contributed by atoms with Crippen LogP contribution < -0.4 is 10.9 Å². The van der Waals surface area contributed by atoms with Crippen molar-refractivity contribution in [3.8, 4) is 5.69 Å². The minimum Gasteiger partial charge on any atom is -0.366 e. The van der Waals surface area contributed by atoms with Crippen LogP contribution in [0, 0.1) is 0 Å². The van der Waals surface area contributed by atoms with Crippen LogP contribution >= 0.6 is 11.3 Å². The molecule has 0 bridgehead atoms. The number of nitrogens with zero attached hydrogens (tertiary/aromatic N) is 4. The van der Waals surface area contributed by atoms with Crippen LogP contribution in [0.3, 0.4) is 0 Å². The van der Waals surface area contributed by atoms with Gasteiger partial charge in [-0.2, -0.15) is 0 Å². The molecule has 0 aliphatic rings. The fourth-order valence-corrected chi connectivity index (χ4v) is 3.63. The van der Waals surface area contributed by atoms with Gasteiger partial charge in [0.1, 0.15) is 33.5 Å². The Morgan fingerprint density at radius 1 is 1.24 bits per heavy atom. The molecule has 0 saturated carbocycles. The molecule has 0 atom stereocenters. The van der Waals surface area contributed by atoms with Crippen molar-refractivity contribution >= 4 is 37.6 Å². The number of anilines is 1. The summed E-state index contributed by atoms with van der Waals surface area (Å²) in [6, 6.07) is 9.45. The van der Waals surface area contributed by atoms with E-state index in [1.54, 1.807) is 10.9 Å². The highest BCUT2D eigenvalue weighted by Gasteiger charge is 2.16. The molecule has 1 aromatic carbocycles. The predicted octanol–water partition coefficient (Wildman–Crippen LogP) is 3.38. The topological polar surface area (TPSA) is 72.7 Å². The lowest BCUT2D eigenvalue weighted by molar-refractivity contribution is 0.967. The zero-order valence-corrected chi connectivity index (χ0v) is 14.4. The van der Waals surface area contributed by atoms with Gasteiger partial charge >= 0.3 is 0 Å². The quantitative estimate of drug-likeness (QED) is 0.572. The van der Waals surface area contributed by atoms with Crippen LogP contribution in [0.2, 0.25) is 0 Å². The van der Waals surface area contributed by atoms with E-state index in [4.69, 9.17) is 0 Å². The molecule has 0 aliphatic carbocycles. The SMILES string of the molecule is C=C(C)CNc1ncnc2sc3c(=O)n(-c4ccccc4)cnc3c12. The second-order valence-electron chi connectivity index (χ2n) is 5.75. The minimum absolute atomic E-state index is 0.106. The van der Waals surface area contributed by atoms with Gasteiger partial charge in [0, 0.05) is 6.54 Å². The largest absolute Gasteiger partial charge is 0.366 e. The van der Waals surface area contributed by atoms with Crippen LogP contribution in [-0.2, 0) is 0 Å². The van der Waals surface area contributed by atoms with Crippen LogP contribution in [0.5, 0.6) is 0 Å². The number of aromatic nitrogens is 4. The summed E-state index contributed by atoms with van der Waals surface area (Å²) in [5.41, 5.74) is 2.30. The van der Waals surface area contributed by atoms with E-state index < -0.39 is 0 Å². The van der Waals surface area contributed by atoms with Crippen molar-refractivity contribution in [3.63, 3.8) is 0 Å². The fourth-order valence-electron chi connectivity index (χ4n) is 2.61. The first kappa shape index (κ1) is 15.5. The first-order chi connectivity index (χ1) is 12.1. The summed E-state index contributed by atoms with van der Waals surface area (Å²) in [7, 11) is 0. The van der Waals surface area contributed by atoms with E-state index in [0.29, 0.717) is 22.6 Å². The minimum atomic E-state index is -0.106. The molecule has 4 rings (SSSR count). The molecule has 0 spiro atoms. The Balaban J connectivity index is 1.94. The molecule has 3 aromatic heterocycles. The molecular formula is C18H15N5OS. The van der Waals surface area contributed by atoms with Gasteiger partial charge in [0.25, 0.3) is 5.56 Å². The Hall–Kier alpha value is -3.06. The van der Waals surface area contributed by atoms with Gasteiger partial charge < -0.3 is 5.32 Å². The van der Waals surface area contributed by atoms with E-state index >= 15 is 0 Å². The Morgan fingerprint density at radius 3 is 2.80 bits per heavy atom. The number of hydrogen-bond acceptors (Lipinski definition) is 6. The van der Waals surface area contributed by atoms with E-state index in [1.807, 2.05) is 37.3 Å². The lowest BCUT2D eigenvalue weighted by atomic mass is 10.3. The summed E-state index contributed by atoms with van der Waals surface area (Å²) in [4.78, 5) is 26.8. The van der Waals surface area contributed by atoms with Gasteiger partial charge in [-0.15, -0.1) is 11.3 Å². The third-order valence-electron chi connectivity index (χ3n) is 3.77. The number of para-hydroxylation sites is 1. The molecule has 0 saturated heterocycles. The van der Waals surface area contributed by atoms with E-state index in [1.165, 1.54) is 17.7 Å². The second-order valence-corrected chi connectivity index (χ2v) is 6.75. The van der Waals surface area contributed by atoms with Crippen molar-refractivity contribution in [1.82, 2.24) is 19.5 Å². The van der Waals surface area contributed by atoms with Crippen molar-refractivity contribution in [2.45, 2.75) is 6.92 Å². The number of fused-ring (bicyclic) bond motifs is 3. The Morgan fingerprint density at radius 2 is 2.04 bits per heavy atom. The van der Waals surface area contributed by atoms with E-state index in [-0.39, 0.29) is 5.56 Å². The number of nitrogens with one attached hydrogen (secondary N) is 1. The van der Waals surface area contributed by atoms with Crippen molar-refractivity contribution in [1.29, 1.82) is 0 Å². The number of hydrogen-bond donors (Lipinski definition) is 1. The van der Waals surface area contributed by atoms with Gasteiger partial charge in [-0.25, -0.2) is 15.0 Å². The summed E-state index contributed by atoms with van der Waals surface area (Å²) in [5, 5.41) is 4.02. The Bertz CT molecular complexity index is 1150. The maximum atomic E-state index is 12.9. The average Bonchev–Trinajstić information content (AvgIpc) is 3.01. The summed E-state index contributed by atoms with van der Waals surface area (Å²) in [5.74, 6) is 0.670. The van der Waals surface area contributed by atoms with Crippen LogP contribution in [-0.4, -0.2) is 26.1 Å². The van der Waals surface area contributed by atoms with Gasteiger partial charge in [-0.3, -0.25) is 9.36 Å². The van der Waals surface area contributed by atoms with Crippen LogP contribution in [0.15, 0.2) is 59.9 Å². The normalized spacial score (nSPS) is 11.1. The lowest BCUT2D eigenvalue weighted by Gasteiger charge is -2.06. The highest BCUT2D eigenvalue weighted by molar-refractivity contribution is 7.25. The third kappa shape index (κ3) is 2.68. The maximum Gasteiger partial charge on any atom is 0.275 e. The van der Waals surface area contributed by atoms with Crippen molar-refractivity contribution in [2.75, 3.05) is 11.9 Å². The van der Waals surface area contributed by atoms with Crippen molar-refractivity contribution in [2.24, 2.45) is 0 Å². The Labute approximate surface area is 147 Å². The number of rotatable bonds is 4. The molecule has 25 heavy (non-hydrogen) atoms. The zero-order valence-electron chi connectivity index (χ0n) is 13.6. The molecule has 0 unspecified atom stereocenters. The monoisotopic (exact) mass is 349 g/mol. The Kier molecular flexibility index (Phi) is 3.77. The number of benzene rings is 1. The highest BCUT2D eigenvalue weighted by Crippen LogP contribution is 2.32. The average molecular weight is 349 g/mol. The summed E-state index contributed by atoms with van der Waals surface area (Å²) in [6.45, 7) is 6.43. The maximum absolute atomic E-state index is 12.9. The van der Waals surface area contributed by atoms with Gasteiger partial charge in [-0.05, 0) is 19.1 Å². The molecule has 124 valence electrons. The van der Waals surface area contributed by atoms with E-state index in [2.05, 4.69) is 26.8 Å². The van der Waals surface area contributed by atoms with Crippen LogP contribution in [0.4, 0.5) is 5.82 Å². The molecule has 4 aromatic rings. The van der Waals surface area contributed by atoms with Crippen LogP contribution in [0.1, 0.15) is 6.92 Å². The molecule has 7 heteroatoms. The molecule has 1 N–H and O–H groups in total. The first-order valence-electron chi connectivity index (χ1n) is 7.73. The molecule has 0 aliphatic heterocycles. The molecular weight excluding hydrogens is 334 g/mol. The smallest absolute Gasteiger partial charge is 0.275 e. The lowest BCUT2D eigenvalue weighted by Crippen LogP contribution is -2.17. The zero-order chi connectivity index (χ0) is 17.4. The standard InChI is InChI=1S/C18H15N5OS/c1-11(2)8-19-16-13-14-15(25-17(13)21-9-20-16)18(24)23(10-22-14)12-6-4-3-5-7-12/h3-7,9-10H,1,8H2,2H3,(H,19,20,21). The third-order valence-corrected chi connectivity index (χ3v) is 4.85. The van der Waals surface area contributed by atoms with Crippen molar-refractivity contribution in [3.05, 3.63) is 65.5 Å². The second kappa shape index (κ2) is 6.10. The molecule has 0 radical (unpaired) electrons. The van der Waals surface area contributed by atoms with Gasteiger partial charge in [-0.1, -0.05) is 30.4 Å². The first-order valence-corrected chi connectivity index (χ1v) is 8.55. The van der Waals surface area contributed by atoms with E-state index in [0.717, 1.165) is 21.5 Å². The molecule has 6 nitrogen and oxygen atoms in total. The van der Waals surface area contributed by atoms with Gasteiger partial charge in [0.2, 0.25) is 0 Å². The molecule has 3 heterocycles. The fraction of sp³-hybridized carbons (Fsp3) is 0.111. The van der Waals surface area contributed by atoms with Gasteiger partial charge in [0.05, 0.1) is 11.1 Å². The van der Waals surface area contributed by atoms with Crippen LogP contribution in [0.25, 0.3) is 26.1 Å². The van der Waals surface area contributed by atoms with Crippen molar-refractivity contribution < 1.29 is 0 Å². The summed E-state index contributed by atoms with van der Waals surface area (Å²) < 4.78 is 2.12. The summed E-state index contributed by atoms with van der Waals surface area (Å²) in [6.07, 6.45) is 3.05. The van der Waals surface area contributed by atoms with Gasteiger partial charge in [0.15, 0.2) is 0 Å². The molecule has 0 fully saturated rings. The molecule has 0 amide bonds.